The smallest absolute Gasteiger partial charge is 0.256 e. The maximum atomic E-state index is 11.6. The summed E-state index contributed by atoms with van der Waals surface area (Å²) in [7, 11) is 0. The van der Waals surface area contributed by atoms with Gasteiger partial charge in [-0.2, -0.15) is 0 Å². The van der Waals surface area contributed by atoms with Crippen molar-refractivity contribution >= 4 is 0 Å². The van der Waals surface area contributed by atoms with Crippen molar-refractivity contribution in [3.63, 3.8) is 0 Å². The van der Waals surface area contributed by atoms with Crippen LogP contribution < -0.4 is 10.9 Å². The minimum absolute atomic E-state index is 0.0867. The summed E-state index contributed by atoms with van der Waals surface area (Å²) < 4.78 is 0. The van der Waals surface area contributed by atoms with Crippen LogP contribution in [0.25, 0.3) is 11.6 Å². The van der Waals surface area contributed by atoms with Crippen LogP contribution in [0.15, 0.2) is 17.2 Å². The van der Waals surface area contributed by atoms with Crippen molar-refractivity contribution < 1.29 is 0 Å². The quantitative estimate of drug-likeness (QED) is 0.597. The fourth-order valence-electron chi connectivity index (χ4n) is 1.69. The van der Waals surface area contributed by atoms with Crippen LogP contribution in [-0.2, 0) is 13.1 Å². The number of rotatable bonds is 1. The van der Waals surface area contributed by atoms with E-state index in [0.717, 1.165) is 11.3 Å². The summed E-state index contributed by atoms with van der Waals surface area (Å²) >= 11 is 0. The molecule has 0 atom stereocenters. The van der Waals surface area contributed by atoms with Gasteiger partial charge in [-0.1, -0.05) is 0 Å². The molecule has 0 radical (unpaired) electrons. The van der Waals surface area contributed by atoms with Crippen LogP contribution in [0, 0.1) is 0 Å². The molecule has 0 aromatic carbocycles. The van der Waals surface area contributed by atoms with Crippen molar-refractivity contribution in [3.05, 3.63) is 34.0 Å². The fourth-order valence-corrected chi connectivity index (χ4v) is 1.69. The molecule has 0 fully saturated rings. The molecule has 0 bridgehead atoms. The van der Waals surface area contributed by atoms with E-state index in [1.54, 1.807) is 12.4 Å². The molecule has 2 aromatic rings. The van der Waals surface area contributed by atoms with Crippen molar-refractivity contribution in [2.24, 2.45) is 0 Å². The molecule has 1 aliphatic heterocycles. The largest absolute Gasteiger partial charge is 0.342 e. The number of hydrogen-bond donors (Lipinski definition) is 3. The van der Waals surface area contributed by atoms with Gasteiger partial charge in [-0.05, 0) is 0 Å². The highest BCUT2D eigenvalue weighted by molar-refractivity contribution is 5.43. The molecule has 3 heterocycles. The summed E-state index contributed by atoms with van der Waals surface area (Å²) in [6.07, 6.45) is 3.32. The van der Waals surface area contributed by atoms with Gasteiger partial charge in [0.25, 0.3) is 5.56 Å². The van der Waals surface area contributed by atoms with Gasteiger partial charge in [0.1, 0.15) is 0 Å². The third-order valence-corrected chi connectivity index (χ3v) is 2.42. The van der Waals surface area contributed by atoms with E-state index in [1.165, 1.54) is 0 Å². The Morgan fingerprint density at radius 3 is 3.00 bits per heavy atom. The second kappa shape index (κ2) is 3.03. The fraction of sp³-hybridized carbons (Fsp3) is 0.222. The highest BCUT2D eigenvalue weighted by Crippen LogP contribution is 2.12. The monoisotopic (exact) mass is 203 g/mol. The first-order valence-corrected chi connectivity index (χ1v) is 4.67. The lowest BCUT2D eigenvalue weighted by Gasteiger charge is -1.99. The lowest BCUT2D eigenvalue weighted by atomic mass is 10.3. The van der Waals surface area contributed by atoms with Gasteiger partial charge < -0.3 is 15.3 Å². The van der Waals surface area contributed by atoms with Crippen LogP contribution in [0.5, 0.6) is 0 Å². The van der Waals surface area contributed by atoms with Crippen molar-refractivity contribution in [1.82, 2.24) is 25.3 Å². The summed E-state index contributed by atoms with van der Waals surface area (Å²) in [5.41, 5.74) is 1.45. The number of H-pyrrole nitrogens is 2. The lowest BCUT2D eigenvalue weighted by Crippen LogP contribution is -2.16. The van der Waals surface area contributed by atoms with E-state index in [-0.39, 0.29) is 5.56 Å². The molecule has 6 nitrogen and oxygen atoms in total. The molecule has 2 aromatic heterocycles. The summed E-state index contributed by atoms with van der Waals surface area (Å²) in [5, 5.41) is 3.09. The Hall–Kier alpha value is -1.95. The zero-order valence-electron chi connectivity index (χ0n) is 7.87. The van der Waals surface area contributed by atoms with Gasteiger partial charge in [0, 0.05) is 25.5 Å². The number of nitrogens with one attached hydrogen (secondary N) is 3. The number of hydrogen-bond acceptors (Lipinski definition) is 4. The second-order valence-electron chi connectivity index (χ2n) is 3.38. The highest BCUT2D eigenvalue weighted by atomic mass is 16.1. The zero-order valence-corrected chi connectivity index (χ0v) is 7.87. The van der Waals surface area contributed by atoms with E-state index in [0.29, 0.717) is 24.7 Å². The Labute approximate surface area is 84.8 Å². The lowest BCUT2D eigenvalue weighted by molar-refractivity contribution is 0.757. The predicted octanol–water partition coefficient (Wildman–Crippen LogP) is -0.237. The number of fused-ring (bicyclic) bond motifs is 1. The van der Waals surface area contributed by atoms with Crippen molar-refractivity contribution in [2.75, 3.05) is 0 Å². The van der Waals surface area contributed by atoms with Crippen LogP contribution in [0.4, 0.5) is 0 Å². The number of aromatic amines is 2. The summed E-state index contributed by atoms with van der Waals surface area (Å²) in [5.74, 6) is 1.08. The van der Waals surface area contributed by atoms with Gasteiger partial charge >= 0.3 is 0 Å². The Kier molecular flexibility index (Phi) is 1.69. The maximum Gasteiger partial charge on any atom is 0.256 e. The van der Waals surface area contributed by atoms with E-state index >= 15 is 0 Å². The summed E-state index contributed by atoms with van der Waals surface area (Å²) in [6, 6.07) is 0. The van der Waals surface area contributed by atoms with Gasteiger partial charge in [-0.15, -0.1) is 0 Å². The topological polar surface area (TPSA) is 86.5 Å². The normalized spacial score (nSPS) is 14.1. The minimum atomic E-state index is -0.0867. The van der Waals surface area contributed by atoms with Crippen LogP contribution >= 0.6 is 0 Å². The van der Waals surface area contributed by atoms with Crippen molar-refractivity contribution in [1.29, 1.82) is 0 Å². The molecule has 0 aliphatic carbocycles. The molecule has 1 aliphatic rings. The zero-order chi connectivity index (χ0) is 10.3. The van der Waals surface area contributed by atoms with E-state index < -0.39 is 0 Å². The van der Waals surface area contributed by atoms with Crippen molar-refractivity contribution in [3.8, 4) is 11.6 Å². The molecular weight excluding hydrogens is 194 g/mol. The maximum absolute atomic E-state index is 11.6. The molecule has 0 saturated heterocycles. The van der Waals surface area contributed by atoms with E-state index in [9.17, 15) is 4.79 Å². The first-order valence-electron chi connectivity index (χ1n) is 4.67. The standard InChI is InChI=1S/C9H9N5O/c15-9-5-3-10-4-6(5)13-8(14-9)7-11-1-2-12-7/h1-2,10H,3-4H2,(H,11,12)(H,13,14,15). The van der Waals surface area contributed by atoms with Crippen molar-refractivity contribution in [2.45, 2.75) is 13.1 Å². The van der Waals surface area contributed by atoms with Crippen LogP contribution in [0.3, 0.4) is 0 Å². The molecule has 6 heteroatoms. The van der Waals surface area contributed by atoms with E-state index in [4.69, 9.17) is 0 Å². The molecule has 0 unspecified atom stereocenters. The van der Waals surface area contributed by atoms with Crippen LogP contribution in [-0.4, -0.2) is 19.9 Å². The predicted molar refractivity (Wildman–Crippen MR) is 53.0 cm³/mol. The van der Waals surface area contributed by atoms with E-state index in [2.05, 4.69) is 25.3 Å². The first kappa shape index (κ1) is 8.37. The Balaban J connectivity index is 2.20. The Morgan fingerprint density at radius 1 is 1.27 bits per heavy atom. The molecule has 0 amide bonds. The summed E-state index contributed by atoms with van der Waals surface area (Å²) in [4.78, 5) is 25.7. The average Bonchev–Trinajstić information content (AvgIpc) is 2.88. The molecule has 3 rings (SSSR count). The Morgan fingerprint density at radius 2 is 2.20 bits per heavy atom. The third kappa shape index (κ3) is 1.26. The van der Waals surface area contributed by atoms with Crippen LogP contribution in [0.2, 0.25) is 0 Å². The number of nitrogens with zero attached hydrogens (tertiary/aromatic N) is 2. The number of aromatic nitrogens is 4. The van der Waals surface area contributed by atoms with Gasteiger partial charge in [0.05, 0.1) is 11.3 Å². The minimum Gasteiger partial charge on any atom is -0.342 e. The first-order chi connectivity index (χ1) is 7.34. The molecule has 0 spiro atoms. The molecule has 3 N–H and O–H groups in total. The average molecular weight is 203 g/mol. The highest BCUT2D eigenvalue weighted by Gasteiger charge is 2.17. The second-order valence-corrected chi connectivity index (χ2v) is 3.38. The SMILES string of the molecule is O=c1[nH]c(-c2ncc[nH]2)nc2c1CNC2. The molecule has 0 saturated carbocycles. The number of imidazole rings is 1. The molecular formula is C9H9N5O. The molecule has 15 heavy (non-hydrogen) atoms. The Bertz CT molecular complexity index is 542. The third-order valence-electron chi connectivity index (χ3n) is 2.42. The summed E-state index contributed by atoms with van der Waals surface area (Å²) in [6.45, 7) is 1.24. The molecule has 76 valence electrons. The van der Waals surface area contributed by atoms with Crippen LogP contribution in [0.1, 0.15) is 11.3 Å². The van der Waals surface area contributed by atoms with Gasteiger partial charge in [-0.25, -0.2) is 9.97 Å². The van der Waals surface area contributed by atoms with E-state index in [1.807, 2.05) is 0 Å². The van der Waals surface area contributed by atoms with Gasteiger partial charge in [0.15, 0.2) is 11.6 Å². The van der Waals surface area contributed by atoms with Gasteiger partial charge in [0.2, 0.25) is 0 Å². The van der Waals surface area contributed by atoms with Gasteiger partial charge in [-0.3, -0.25) is 4.79 Å².